The third-order valence-electron chi connectivity index (χ3n) is 5.13. The molecule has 8 N–H and O–H groups in total. The molecule has 0 unspecified atom stereocenters. The molecule has 2 atom stereocenters. The molecule has 184 valence electrons. The standard InChI is InChI=1S/C21H29N7O6/c1-28-15(6-3-7-24-21(22)23)19(33)26-11-16(29)25-10-12-4-2-5-13(8-12)18(32)27-14(20(28)34)9-17(30)31/h2,4-5,8,14-15H,3,6-7,9-11H2,1H3,(H,25,29)(H,26,33)(H,27,32)(H,30,31)(H4,22,23,24)/t14-,15-/m0/s1. The van der Waals surface area contributed by atoms with Crippen LogP contribution in [0.15, 0.2) is 29.3 Å². The topological polar surface area (TPSA) is 209 Å². The Morgan fingerprint density at radius 1 is 1.18 bits per heavy atom. The van der Waals surface area contributed by atoms with E-state index in [1.807, 2.05) is 0 Å². The number of carboxylic acid groups (broad SMARTS) is 1. The number of nitrogens with two attached hydrogens (primary N) is 2. The molecule has 2 bridgehead atoms. The summed E-state index contributed by atoms with van der Waals surface area (Å²) < 4.78 is 0. The number of hydrogen-bond acceptors (Lipinski definition) is 6. The number of aliphatic carboxylic acids is 1. The van der Waals surface area contributed by atoms with E-state index in [2.05, 4.69) is 20.9 Å². The molecule has 1 aromatic rings. The van der Waals surface area contributed by atoms with Crippen LogP contribution in [0.2, 0.25) is 0 Å². The van der Waals surface area contributed by atoms with Crippen molar-refractivity contribution in [2.45, 2.75) is 37.9 Å². The first kappa shape index (κ1) is 26.1. The lowest BCUT2D eigenvalue weighted by molar-refractivity contribution is -0.145. The minimum atomic E-state index is -1.42. The molecule has 0 saturated heterocycles. The van der Waals surface area contributed by atoms with Crippen molar-refractivity contribution in [2.75, 3.05) is 20.1 Å². The predicted octanol–water partition coefficient (Wildman–Crippen LogP) is -2.11. The van der Waals surface area contributed by atoms with Gasteiger partial charge in [-0.05, 0) is 30.5 Å². The summed E-state index contributed by atoms with van der Waals surface area (Å²) in [5, 5.41) is 16.9. The lowest BCUT2D eigenvalue weighted by atomic mass is 10.1. The zero-order chi connectivity index (χ0) is 25.3. The number of rotatable bonds is 6. The second-order valence-corrected chi connectivity index (χ2v) is 7.73. The fraction of sp³-hybridized carbons (Fsp3) is 0.429. The number of likely N-dealkylation sites (N-methyl/N-ethyl adjacent to an activating group) is 1. The number of guanidine groups is 1. The number of hydrogen-bond donors (Lipinski definition) is 6. The molecule has 2 rings (SSSR count). The van der Waals surface area contributed by atoms with Crippen LogP contribution in [0.25, 0.3) is 0 Å². The number of benzene rings is 1. The molecule has 0 aliphatic carbocycles. The molecule has 34 heavy (non-hydrogen) atoms. The van der Waals surface area contributed by atoms with Crippen LogP contribution in [0, 0.1) is 0 Å². The largest absolute Gasteiger partial charge is 0.481 e. The van der Waals surface area contributed by atoms with Gasteiger partial charge < -0.3 is 37.4 Å². The molecule has 0 saturated carbocycles. The van der Waals surface area contributed by atoms with Crippen LogP contribution >= 0.6 is 0 Å². The lowest BCUT2D eigenvalue weighted by Crippen LogP contribution is -2.55. The second kappa shape index (κ2) is 12.2. The Hall–Kier alpha value is -4.16. The maximum absolute atomic E-state index is 13.2. The normalized spacial score (nSPS) is 19.7. The number of carbonyl (C=O) groups excluding carboxylic acids is 4. The van der Waals surface area contributed by atoms with Crippen molar-refractivity contribution in [3.8, 4) is 0 Å². The summed E-state index contributed by atoms with van der Waals surface area (Å²) in [6.07, 6.45) is -0.237. The SMILES string of the molecule is CN1C(=O)[C@H](CC(=O)O)NC(=O)c2cccc(c2)CNC(=O)CNC(=O)[C@@H]1CCCN=C(N)N. The summed E-state index contributed by atoms with van der Waals surface area (Å²) in [6, 6.07) is 3.83. The van der Waals surface area contributed by atoms with Crippen molar-refractivity contribution < 1.29 is 29.1 Å². The van der Waals surface area contributed by atoms with E-state index in [4.69, 9.17) is 11.5 Å². The van der Waals surface area contributed by atoms with E-state index in [1.54, 1.807) is 12.1 Å². The third-order valence-corrected chi connectivity index (χ3v) is 5.13. The molecule has 0 fully saturated rings. The molecule has 4 amide bonds. The Balaban J connectivity index is 2.36. The van der Waals surface area contributed by atoms with Gasteiger partial charge in [-0.2, -0.15) is 0 Å². The number of carbonyl (C=O) groups is 5. The molecule has 13 heteroatoms. The molecule has 1 aromatic carbocycles. The molecule has 1 heterocycles. The molecule has 1 aliphatic heterocycles. The number of fused-ring (bicyclic) bond motifs is 2. The van der Waals surface area contributed by atoms with E-state index in [0.717, 1.165) is 4.90 Å². The molecular weight excluding hydrogens is 446 g/mol. The number of aliphatic imine (C=N–C) groups is 1. The summed E-state index contributed by atoms with van der Waals surface area (Å²) in [7, 11) is 1.33. The van der Waals surface area contributed by atoms with Gasteiger partial charge in [-0.1, -0.05) is 12.1 Å². The second-order valence-electron chi connectivity index (χ2n) is 7.73. The average molecular weight is 476 g/mol. The highest BCUT2D eigenvalue weighted by Crippen LogP contribution is 2.12. The Kier molecular flexibility index (Phi) is 9.35. The van der Waals surface area contributed by atoms with Crippen molar-refractivity contribution in [1.29, 1.82) is 0 Å². The smallest absolute Gasteiger partial charge is 0.305 e. The maximum Gasteiger partial charge on any atom is 0.305 e. The van der Waals surface area contributed by atoms with Gasteiger partial charge in [0, 0.05) is 25.7 Å². The Morgan fingerprint density at radius 3 is 2.59 bits per heavy atom. The molecular formula is C21H29N7O6. The van der Waals surface area contributed by atoms with Gasteiger partial charge in [-0.15, -0.1) is 0 Å². The Labute approximate surface area is 195 Å². The average Bonchev–Trinajstić information content (AvgIpc) is 2.79. The first-order valence-electron chi connectivity index (χ1n) is 10.6. The quantitative estimate of drug-likeness (QED) is 0.152. The van der Waals surface area contributed by atoms with Gasteiger partial charge in [0.2, 0.25) is 17.7 Å². The highest BCUT2D eigenvalue weighted by Gasteiger charge is 2.33. The maximum atomic E-state index is 13.2. The van der Waals surface area contributed by atoms with Crippen molar-refractivity contribution in [2.24, 2.45) is 16.5 Å². The summed E-state index contributed by atoms with van der Waals surface area (Å²) in [5.41, 5.74) is 11.4. The molecule has 0 spiro atoms. The molecule has 13 nitrogen and oxygen atoms in total. The van der Waals surface area contributed by atoms with Crippen LogP contribution in [-0.2, 0) is 25.7 Å². The first-order valence-corrected chi connectivity index (χ1v) is 10.6. The number of nitrogens with zero attached hydrogens (tertiary/aromatic N) is 2. The van der Waals surface area contributed by atoms with E-state index in [1.165, 1.54) is 19.2 Å². The summed E-state index contributed by atoms with van der Waals surface area (Å²) in [5.74, 6) is -3.94. The van der Waals surface area contributed by atoms with E-state index in [0.29, 0.717) is 12.0 Å². The van der Waals surface area contributed by atoms with Crippen molar-refractivity contribution in [3.63, 3.8) is 0 Å². The van der Waals surface area contributed by atoms with Crippen LogP contribution in [0.1, 0.15) is 35.2 Å². The summed E-state index contributed by atoms with van der Waals surface area (Å²) in [6.45, 7) is -0.0324. The van der Waals surface area contributed by atoms with Crippen molar-refractivity contribution in [1.82, 2.24) is 20.9 Å². The molecule has 0 aromatic heterocycles. The van der Waals surface area contributed by atoms with Gasteiger partial charge in [0.15, 0.2) is 5.96 Å². The van der Waals surface area contributed by atoms with Crippen LogP contribution in [0.5, 0.6) is 0 Å². The van der Waals surface area contributed by atoms with Crippen LogP contribution in [-0.4, -0.2) is 77.8 Å². The van der Waals surface area contributed by atoms with Gasteiger partial charge in [0.05, 0.1) is 13.0 Å². The van der Waals surface area contributed by atoms with Gasteiger partial charge >= 0.3 is 5.97 Å². The zero-order valence-electron chi connectivity index (χ0n) is 18.7. The van der Waals surface area contributed by atoms with Crippen molar-refractivity contribution >= 4 is 35.6 Å². The van der Waals surface area contributed by atoms with Crippen LogP contribution in [0.4, 0.5) is 0 Å². The predicted molar refractivity (Wildman–Crippen MR) is 121 cm³/mol. The van der Waals surface area contributed by atoms with Gasteiger partial charge in [-0.25, -0.2) is 0 Å². The van der Waals surface area contributed by atoms with E-state index in [9.17, 15) is 29.1 Å². The number of carboxylic acids is 1. The fourth-order valence-corrected chi connectivity index (χ4v) is 3.38. The highest BCUT2D eigenvalue weighted by atomic mass is 16.4. The Bertz CT molecular complexity index is 976. The molecule has 0 radical (unpaired) electrons. The van der Waals surface area contributed by atoms with Gasteiger partial charge in [-0.3, -0.25) is 29.0 Å². The highest BCUT2D eigenvalue weighted by molar-refractivity contribution is 5.99. The van der Waals surface area contributed by atoms with E-state index >= 15 is 0 Å². The fourth-order valence-electron chi connectivity index (χ4n) is 3.38. The Morgan fingerprint density at radius 2 is 1.91 bits per heavy atom. The number of nitrogens with one attached hydrogen (secondary N) is 3. The lowest BCUT2D eigenvalue weighted by Gasteiger charge is -2.30. The van der Waals surface area contributed by atoms with E-state index in [-0.39, 0.29) is 37.6 Å². The summed E-state index contributed by atoms with van der Waals surface area (Å²) >= 11 is 0. The molecule has 1 aliphatic rings. The monoisotopic (exact) mass is 475 g/mol. The number of amides is 4. The van der Waals surface area contributed by atoms with Gasteiger partial charge in [0.1, 0.15) is 12.1 Å². The minimum absolute atomic E-state index is 0.106. The van der Waals surface area contributed by atoms with Gasteiger partial charge in [0.25, 0.3) is 5.91 Å². The van der Waals surface area contributed by atoms with Crippen molar-refractivity contribution in [3.05, 3.63) is 35.4 Å². The van der Waals surface area contributed by atoms with E-state index < -0.39 is 48.1 Å². The van der Waals surface area contributed by atoms with Crippen LogP contribution < -0.4 is 27.4 Å². The first-order chi connectivity index (χ1) is 16.1. The van der Waals surface area contributed by atoms with Crippen LogP contribution in [0.3, 0.4) is 0 Å². The summed E-state index contributed by atoms with van der Waals surface area (Å²) in [4.78, 5) is 67.3. The zero-order valence-corrected chi connectivity index (χ0v) is 18.7. The minimum Gasteiger partial charge on any atom is -0.481 e. The third kappa shape index (κ3) is 7.76.